The molecule has 2 heterocycles. The molecule has 172 valence electrons. The molecule has 0 radical (unpaired) electrons. The highest BCUT2D eigenvalue weighted by Gasteiger charge is 2.41. The molecule has 1 aliphatic carbocycles. The van der Waals surface area contributed by atoms with Gasteiger partial charge in [0.1, 0.15) is 5.75 Å². The second-order valence-electron chi connectivity index (χ2n) is 9.06. The Morgan fingerprint density at radius 2 is 1.79 bits per heavy atom. The molecule has 0 saturated heterocycles. The first-order valence-corrected chi connectivity index (χ1v) is 11.3. The fraction of sp³-hybridized carbons (Fsp3) is 0.370. The van der Waals surface area contributed by atoms with Gasteiger partial charge in [-0.25, -0.2) is 4.79 Å². The van der Waals surface area contributed by atoms with Crippen LogP contribution in [0.25, 0.3) is 0 Å². The van der Waals surface area contributed by atoms with Crippen LogP contribution in [0.15, 0.2) is 71.3 Å². The zero-order chi connectivity index (χ0) is 23.5. The number of pyridine rings is 1. The second kappa shape index (κ2) is 9.61. The maximum Gasteiger partial charge on any atom is 0.336 e. The van der Waals surface area contributed by atoms with E-state index < -0.39 is 5.92 Å². The number of hydrogen-bond acceptors (Lipinski definition) is 6. The number of Topliss-reactive ketones (excluding diaryl/α,β-unsaturated/α-hetero) is 1. The normalized spacial score (nSPS) is 20.5. The van der Waals surface area contributed by atoms with Crippen molar-refractivity contribution in [3.8, 4) is 5.75 Å². The number of benzene rings is 1. The van der Waals surface area contributed by atoms with Crippen molar-refractivity contribution in [2.45, 2.75) is 45.4 Å². The summed E-state index contributed by atoms with van der Waals surface area (Å²) in [6, 6.07) is 11.6. The van der Waals surface area contributed by atoms with Crippen LogP contribution in [0, 0.1) is 5.92 Å². The Kier molecular flexibility index (Phi) is 6.63. The fourth-order valence-corrected chi connectivity index (χ4v) is 4.63. The number of rotatable bonds is 6. The lowest BCUT2D eigenvalue weighted by Gasteiger charge is -2.36. The van der Waals surface area contributed by atoms with Gasteiger partial charge < -0.3 is 14.8 Å². The topological polar surface area (TPSA) is 77.5 Å². The summed E-state index contributed by atoms with van der Waals surface area (Å²) in [6.45, 7) is 6.21. The summed E-state index contributed by atoms with van der Waals surface area (Å²) in [4.78, 5) is 30.8. The maximum absolute atomic E-state index is 13.5. The molecule has 2 aliphatic rings. The van der Waals surface area contributed by atoms with E-state index >= 15 is 0 Å². The van der Waals surface area contributed by atoms with Gasteiger partial charge in [0, 0.05) is 41.7 Å². The van der Waals surface area contributed by atoms with Gasteiger partial charge in [-0.2, -0.15) is 0 Å². The van der Waals surface area contributed by atoms with Crippen LogP contribution in [0.1, 0.15) is 56.6 Å². The molecule has 4 rings (SSSR count). The molecule has 33 heavy (non-hydrogen) atoms. The van der Waals surface area contributed by atoms with Gasteiger partial charge in [0.2, 0.25) is 0 Å². The SMILES string of the molecule is COc1ccc([C@H]2CC(=O)C3=C(C2)NC(C)=C(C(=O)OCC(C)C)[C@@H]3c2ccncc2)cc1. The van der Waals surface area contributed by atoms with E-state index in [-0.39, 0.29) is 23.6 Å². The van der Waals surface area contributed by atoms with Crippen molar-refractivity contribution < 1.29 is 19.1 Å². The molecular weight excluding hydrogens is 416 g/mol. The summed E-state index contributed by atoms with van der Waals surface area (Å²) in [5.74, 6) is 0.281. The number of ether oxygens (including phenoxy) is 2. The molecule has 6 nitrogen and oxygen atoms in total. The lowest BCUT2D eigenvalue weighted by atomic mass is 9.72. The molecule has 0 spiro atoms. The Bertz CT molecular complexity index is 1100. The van der Waals surface area contributed by atoms with Gasteiger partial charge in [-0.05, 0) is 60.6 Å². The third-order valence-corrected chi connectivity index (χ3v) is 6.22. The average molecular weight is 447 g/mol. The molecule has 6 heteroatoms. The van der Waals surface area contributed by atoms with E-state index in [9.17, 15) is 9.59 Å². The number of methoxy groups -OCH3 is 1. The first kappa shape index (κ1) is 22.8. The Hall–Kier alpha value is -3.41. The van der Waals surface area contributed by atoms with Crippen molar-refractivity contribution >= 4 is 11.8 Å². The average Bonchev–Trinajstić information content (AvgIpc) is 2.82. The summed E-state index contributed by atoms with van der Waals surface area (Å²) in [5.41, 5.74) is 4.73. The molecule has 2 atom stereocenters. The van der Waals surface area contributed by atoms with Crippen molar-refractivity contribution in [3.05, 3.63) is 82.5 Å². The van der Waals surface area contributed by atoms with E-state index in [1.807, 2.05) is 57.2 Å². The number of esters is 1. The smallest absolute Gasteiger partial charge is 0.336 e. The zero-order valence-corrected chi connectivity index (χ0v) is 19.6. The first-order chi connectivity index (χ1) is 15.9. The number of hydrogen-bond donors (Lipinski definition) is 1. The van der Waals surface area contributed by atoms with Crippen LogP contribution in [-0.4, -0.2) is 30.5 Å². The van der Waals surface area contributed by atoms with E-state index in [2.05, 4.69) is 10.3 Å². The number of aromatic nitrogens is 1. The maximum atomic E-state index is 13.5. The van der Waals surface area contributed by atoms with Crippen LogP contribution in [-0.2, 0) is 14.3 Å². The third-order valence-electron chi connectivity index (χ3n) is 6.22. The number of carbonyl (C=O) groups excluding carboxylic acids is 2. The zero-order valence-electron chi connectivity index (χ0n) is 19.6. The van der Waals surface area contributed by atoms with Crippen molar-refractivity contribution in [2.24, 2.45) is 5.92 Å². The number of nitrogens with zero attached hydrogens (tertiary/aromatic N) is 1. The van der Waals surface area contributed by atoms with Gasteiger partial charge >= 0.3 is 5.97 Å². The van der Waals surface area contributed by atoms with Crippen molar-refractivity contribution in [2.75, 3.05) is 13.7 Å². The molecule has 1 aliphatic heterocycles. The summed E-state index contributed by atoms with van der Waals surface area (Å²) in [6.07, 6.45) is 4.47. The number of ketones is 1. The molecular formula is C27H30N2O4. The predicted molar refractivity (Wildman–Crippen MR) is 126 cm³/mol. The standard InChI is InChI=1S/C27H30N2O4/c1-16(2)15-33-27(31)24-17(3)29-22-13-20(18-5-7-21(32-4)8-6-18)14-23(30)26(22)25(24)19-9-11-28-12-10-19/h5-12,16,20,25,29H,13-15H2,1-4H3/t20-,25+/m1/s1. The lowest BCUT2D eigenvalue weighted by molar-refractivity contribution is -0.140. The number of carbonyl (C=O) groups is 2. The molecule has 2 aromatic rings. The fourth-order valence-electron chi connectivity index (χ4n) is 4.63. The predicted octanol–water partition coefficient (Wildman–Crippen LogP) is 4.65. The Morgan fingerprint density at radius 3 is 2.42 bits per heavy atom. The van der Waals surface area contributed by atoms with Gasteiger partial charge in [-0.15, -0.1) is 0 Å². The van der Waals surface area contributed by atoms with Gasteiger partial charge in [0.25, 0.3) is 0 Å². The molecule has 0 bridgehead atoms. The quantitative estimate of drug-likeness (QED) is 0.651. The van der Waals surface area contributed by atoms with Gasteiger partial charge in [0.15, 0.2) is 5.78 Å². The molecule has 0 unspecified atom stereocenters. The van der Waals surface area contributed by atoms with Crippen molar-refractivity contribution in [1.29, 1.82) is 0 Å². The number of dihydropyridines is 1. The molecule has 1 aromatic carbocycles. The van der Waals surface area contributed by atoms with Crippen LogP contribution in [0.5, 0.6) is 5.75 Å². The van der Waals surface area contributed by atoms with E-state index in [0.29, 0.717) is 30.6 Å². The minimum absolute atomic E-state index is 0.0491. The third kappa shape index (κ3) is 4.70. The van der Waals surface area contributed by atoms with Crippen molar-refractivity contribution in [3.63, 3.8) is 0 Å². The summed E-state index contributed by atoms with van der Waals surface area (Å²) >= 11 is 0. The van der Waals surface area contributed by atoms with Crippen LogP contribution in [0.2, 0.25) is 0 Å². The van der Waals surface area contributed by atoms with E-state index in [0.717, 1.165) is 28.3 Å². The van der Waals surface area contributed by atoms with Gasteiger partial charge in [-0.1, -0.05) is 26.0 Å². The van der Waals surface area contributed by atoms with Gasteiger partial charge in [-0.3, -0.25) is 9.78 Å². The minimum atomic E-state index is -0.465. The van der Waals surface area contributed by atoms with Gasteiger partial charge in [0.05, 0.1) is 19.3 Å². The van der Waals surface area contributed by atoms with E-state index in [4.69, 9.17) is 9.47 Å². The lowest BCUT2D eigenvalue weighted by Crippen LogP contribution is -2.36. The van der Waals surface area contributed by atoms with Crippen molar-refractivity contribution in [1.82, 2.24) is 10.3 Å². The summed E-state index contributed by atoms with van der Waals surface area (Å²) in [5, 5.41) is 3.39. The second-order valence-corrected chi connectivity index (χ2v) is 9.06. The highest BCUT2D eigenvalue weighted by molar-refractivity contribution is 6.04. The van der Waals surface area contributed by atoms with E-state index in [1.165, 1.54) is 0 Å². The first-order valence-electron chi connectivity index (χ1n) is 11.3. The molecule has 0 saturated carbocycles. The largest absolute Gasteiger partial charge is 0.497 e. The summed E-state index contributed by atoms with van der Waals surface area (Å²) in [7, 11) is 1.64. The highest BCUT2D eigenvalue weighted by atomic mass is 16.5. The Balaban J connectivity index is 1.72. The molecule has 0 fully saturated rings. The molecule has 1 aromatic heterocycles. The number of allylic oxidation sites excluding steroid dienone is 3. The monoisotopic (exact) mass is 446 g/mol. The van der Waals surface area contributed by atoms with Crippen LogP contribution in [0.4, 0.5) is 0 Å². The molecule has 1 N–H and O–H groups in total. The van der Waals surface area contributed by atoms with Crippen LogP contribution in [0.3, 0.4) is 0 Å². The van der Waals surface area contributed by atoms with Crippen LogP contribution < -0.4 is 10.1 Å². The Labute approximate surface area is 194 Å². The molecule has 0 amide bonds. The van der Waals surface area contributed by atoms with E-state index in [1.54, 1.807) is 19.5 Å². The Morgan fingerprint density at radius 1 is 1.09 bits per heavy atom. The van der Waals surface area contributed by atoms with Crippen LogP contribution >= 0.6 is 0 Å². The minimum Gasteiger partial charge on any atom is -0.497 e. The highest BCUT2D eigenvalue weighted by Crippen LogP contribution is 2.45. The summed E-state index contributed by atoms with van der Waals surface area (Å²) < 4.78 is 10.9. The number of nitrogens with one attached hydrogen (secondary N) is 1.